The largest absolute Gasteiger partial charge is 0.416 e. The summed E-state index contributed by atoms with van der Waals surface area (Å²) in [6.45, 7) is -0.214. The highest BCUT2D eigenvalue weighted by Gasteiger charge is 2.33. The monoisotopic (exact) mass is 486 g/mol. The fraction of sp³-hybridized carbons (Fsp3) is 0.391. The van der Waals surface area contributed by atoms with Crippen LogP contribution in [0.15, 0.2) is 43.0 Å². The maximum Gasteiger partial charge on any atom is 0.416 e. The Morgan fingerprint density at radius 3 is 2.43 bits per heavy atom. The number of anilines is 2. The first-order valence-electron chi connectivity index (χ1n) is 11.2. The molecular weight excluding hydrogens is 461 g/mol. The molecule has 3 heterocycles. The summed E-state index contributed by atoms with van der Waals surface area (Å²) in [5, 5.41) is 8.89. The zero-order valence-corrected chi connectivity index (χ0v) is 19.0. The molecule has 0 spiro atoms. The van der Waals surface area contributed by atoms with E-state index in [-0.39, 0.29) is 30.0 Å². The van der Waals surface area contributed by atoms with Gasteiger partial charge >= 0.3 is 6.18 Å². The summed E-state index contributed by atoms with van der Waals surface area (Å²) < 4.78 is 39.4. The van der Waals surface area contributed by atoms with Crippen LogP contribution in [0.4, 0.5) is 25.1 Å². The first kappa shape index (κ1) is 24.3. The summed E-state index contributed by atoms with van der Waals surface area (Å²) in [4.78, 5) is 33.7. The number of pyridine rings is 2. The maximum absolute atomic E-state index is 13.1. The minimum atomic E-state index is -4.49. The lowest BCUT2D eigenvalue weighted by Crippen LogP contribution is -2.36. The summed E-state index contributed by atoms with van der Waals surface area (Å²) in [5.74, 6) is 0.810. The average Bonchev–Trinajstić information content (AvgIpc) is 2.87. The van der Waals surface area contributed by atoms with E-state index in [1.54, 1.807) is 25.5 Å². The van der Waals surface area contributed by atoms with Crippen molar-refractivity contribution >= 4 is 17.8 Å². The van der Waals surface area contributed by atoms with Gasteiger partial charge in [0.2, 0.25) is 17.8 Å². The first-order valence-corrected chi connectivity index (χ1v) is 11.2. The molecule has 0 unspecified atom stereocenters. The van der Waals surface area contributed by atoms with Gasteiger partial charge in [-0.1, -0.05) is 0 Å². The lowest BCUT2D eigenvalue weighted by molar-refractivity contribution is -0.138. The summed E-state index contributed by atoms with van der Waals surface area (Å²) in [6.07, 6.45) is 3.67. The van der Waals surface area contributed by atoms with Crippen molar-refractivity contribution in [1.29, 1.82) is 0 Å². The Morgan fingerprint density at radius 2 is 1.74 bits per heavy atom. The fourth-order valence-corrected chi connectivity index (χ4v) is 4.03. The number of nitrogens with zero attached hydrogens (tertiary/aromatic N) is 5. The first-order chi connectivity index (χ1) is 16.8. The Labute approximate surface area is 200 Å². The molecule has 3 aromatic rings. The van der Waals surface area contributed by atoms with Crippen molar-refractivity contribution in [2.24, 2.45) is 5.92 Å². The zero-order valence-electron chi connectivity index (χ0n) is 19.0. The van der Waals surface area contributed by atoms with Crippen LogP contribution in [0.5, 0.6) is 0 Å². The Bertz CT molecular complexity index is 1150. The quantitative estimate of drug-likeness (QED) is 0.463. The molecule has 0 atom stereocenters. The lowest BCUT2D eigenvalue weighted by Gasteiger charge is -2.28. The second-order valence-corrected chi connectivity index (χ2v) is 8.24. The number of nitrogens with one attached hydrogen (secondary N) is 3. The number of halogens is 3. The number of carbonyl (C=O) groups is 1. The Balaban J connectivity index is 1.33. The summed E-state index contributed by atoms with van der Waals surface area (Å²) >= 11 is 0. The van der Waals surface area contributed by atoms with Gasteiger partial charge < -0.3 is 16.0 Å². The molecule has 3 N–H and O–H groups in total. The van der Waals surface area contributed by atoms with Gasteiger partial charge in [0, 0.05) is 61.5 Å². The second-order valence-electron chi connectivity index (χ2n) is 8.24. The molecule has 1 fully saturated rings. The molecule has 0 aromatic carbocycles. The predicted molar refractivity (Wildman–Crippen MR) is 123 cm³/mol. The fourth-order valence-electron chi connectivity index (χ4n) is 4.03. The van der Waals surface area contributed by atoms with E-state index >= 15 is 0 Å². The van der Waals surface area contributed by atoms with Gasteiger partial charge in [0.05, 0.1) is 5.56 Å². The predicted octanol–water partition coefficient (Wildman–Crippen LogP) is 3.68. The molecule has 0 radical (unpaired) electrons. The van der Waals surface area contributed by atoms with Crippen molar-refractivity contribution in [3.63, 3.8) is 0 Å². The molecule has 1 aliphatic rings. The van der Waals surface area contributed by atoms with Gasteiger partial charge in [-0.05, 0) is 43.9 Å². The van der Waals surface area contributed by atoms with Crippen molar-refractivity contribution in [2.75, 3.05) is 17.7 Å². The summed E-state index contributed by atoms with van der Waals surface area (Å²) in [5.41, 5.74) is -0.0786. The number of carbonyl (C=O) groups excluding carboxylic acids is 1. The van der Waals surface area contributed by atoms with Crippen LogP contribution in [0.3, 0.4) is 0 Å². The van der Waals surface area contributed by atoms with Gasteiger partial charge in [-0.3, -0.25) is 14.8 Å². The molecule has 1 amide bonds. The van der Waals surface area contributed by atoms with Crippen LogP contribution < -0.4 is 16.0 Å². The van der Waals surface area contributed by atoms with Gasteiger partial charge in [-0.2, -0.15) is 28.1 Å². The third-order valence-corrected chi connectivity index (χ3v) is 5.87. The minimum Gasteiger partial charge on any atom is -0.357 e. The van der Waals surface area contributed by atoms with Crippen LogP contribution in [-0.2, 0) is 17.5 Å². The average molecular weight is 487 g/mol. The SMILES string of the molecule is CNc1nc(N[C@H]2CC[C@@H](C(=O)NCc3cnccc3C(F)(F)F)CC2)nc(-c2cccnc2)n1. The highest BCUT2D eigenvalue weighted by molar-refractivity contribution is 5.78. The number of alkyl halides is 3. The van der Waals surface area contributed by atoms with Crippen LogP contribution in [0, 0.1) is 5.92 Å². The van der Waals surface area contributed by atoms with Crippen LogP contribution in [-0.4, -0.2) is 43.9 Å². The highest BCUT2D eigenvalue weighted by Crippen LogP contribution is 2.32. The minimum absolute atomic E-state index is 0.0525. The van der Waals surface area contributed by atoms with Crippen LogP contribution in [0.1, 0.15) is 36.8 Å². The summed E-state index contributed by atoms with van der Waals surface area (Å²) in [6, 6.07) is 4.63. The van der Waals surface area contributed by atoms with E-state index in [0.29, 0.717) is 43.4 Å². The molecule has 12 heteroatoms. The smallest absolute Gasteiger partial charge is 0.357 e. The molecule has 35 heavy (non-hydrogen) atoms. The van der Waals surface area contributed by atoms with Gasteiger partial charge in [-0.15, -0.1) is 0 Å². The number of hydrogen-bond acceptors (Lipinski definition) is 8. The molecule has 9 nitrogen and oxygen atoms in total. The van der Waals surface area contributed by atoms with E-state index in [1.165, 1.54) is 0 Å². The van der Waals surface area contributed by atoms with Crippen LogP contribution >= 0.6 is 0 Å². The standard InChI is InChI=1S/C23H25F3N8O/c1-27-21-32-19(15-3-2-9-28-11-15)33-22(34-21)31-17-6-4-14(5-7-17)20(35)30-13-16-12-29-10-8-18(16)23(24,25)26/h2-3,8-12,14,17H,4-7,13H2,1H3,(H,30,35)(H2,27,31,32,33,34)/t14-,17+. The molecule has 1 saturated carbocycles. The van der Waals surface area contributed by atoms with E-state index in [2.05, 4.69) is 40.9 Å². The molecule has 184 valence electrons. The van der Waals surface area contributed by atoms with E-state index in [1.807, 2.05) is 6.07 Å². The molecule has 3 aromatic heterocycles. The molecule has 0 saturated heterocycles. The van der Waals surface area contributed by atoms with Crippen LogP contribution in [0.2, 0.25) is 0 Å². The number of rotatable bonds is 7. The molecule has 1 aliphatic carbocycles. The van der Waals surface area contributed by atoms with Crippen molar-refractivity contribution in [3.05, 3.63) is 54.1 Å². The topological polar surface area (TPSA) is 118 Å². The zero-order chi connectivity index (χ0) is 24.8. The number of aromatic nitrogens is 5. The van der Waals surface area contributed by atoms with E-state index in [0.717, 1.165) is 24.0 Å². The molecule has 0 aliphatic heterocycles. The van der Waals surface area contributed by atoms with Crippen LogP contribution in [0.25, 0.3) is 11.4 Å². The second kappa shape index (κ2) is 10.6. The van der Waals surface area contributed by atoms with E-state index in [9.17, 15) is 18.0 Å². The van der Waals surface area contributed by atoms with Crippen molar-refractivity contribution in [2.45, 2.75) is 44.4 Å². The molecule has 0 bridgehead atoms. The van der Waals surface area contributed by atoms with Gasteiger partial charge in [0.25, 0.3) is 0 Å². The van der Waals surface area contributed by atoms with Crippen molar-refractivity contribution < 1.29 is 18.0 Å². The highest BCUT2D eigenvalue weighted by atomic mass is 19.4. The third kappa shape index (κ3) is 6.19. The van der Waals surface area contributed by atoms with Gasteiger partial charge in [-0.25, -0.2) is 0 Å². The lowest BCUT2D eigenvalue weighted by atomic mass is 9.85. The Morgan fingerprint density at radius 1 is 1.00 bits per heavy atom. The Hall–Kier alpha value is -3.83. The normalized spacial score (nSPS) is 18.1. The maximum atomic E-state index is 13.1. The third-order valence-electron chi connectivity index (χ3n) is 5.87. The Kier molecular flexibility index (Phi) is 7.37. The molecule has 4 rings (SSSR count). The van der Waals surface area contributed by atoms with Crippen molar-refractivity contribution in [3.8, 4) is 11.4 Å². The summed E-state index contributed by atoms with van der Waals surface area (Å²) in [7, 11) is 1.72. The van der Waals surface area contributed by atoms with E-state index in [4.69, 9.17) is 0 Å². The molecular formula is C23H25F3N8O. The van der Waals surface area contributed by atoms with Crippen molar-refractivity contribution in [1.82, 2.24) is 30.2 Å². The number of amides is 1. The van der Waals surface area contributed by atoms with Gasteiger partial charge in [0.1, 0.15) is 0 Å². The number of hydrogen-bond donors (Lipinski definition) is 3. The van der Waals surface area contributed by atoms with Gasteiger partial charge in [0.15, 0.2) is 5.82 Å². The van der Waals surface area contributed by atoms with E-state index < -0.39 is 11.7 Å².